The number of aryl methyl sites for hydroxylation is 1. The molecule has 0 radical (unpaired) electrons. The summed E-state index contributed by atoms with van der Waals surface area (Å²) in [6.45, 7) is 2.54. The van der Waals surface area contributed by atoms with E-state index in [0.29, 0.717) is 6.61 Å². The summed E-state index contributed by atoms with van der Waals surface area (Å²) in [7, 11) is 0. The monoisotopic (exact) mass is 296 g/mol. The molecular weight excluding hydrogens is 276 g/mol. The van der Waals surface area contributed by atoms with Crippen LogP contribution in [0.4, 0.5) is 0 Å². The molecule has 3 nitrogen and oxygen atoms in total. The highest BCUT2D eigenvalue weighted by Gasteiger charge is 2.46. The van der Waals surface area contributed by atoms with Crippen LogP contribution in [0.1, 0.15) is 36.0 Å². The van der Waals surface area contributed by atoms with Gasteiger partial charge in [-0.1, -0.05) is 42.5 Å². The molecular formula is C19H20O3. The third-order valence-electron chi connectivity index (χ3n) is 4.38. The lowest BCUT2D eigenvalue weighted by molar-refractivity contribution is -0.137. The van der Waals surface area contributed by atoms with Gasteiger partial charge in [-0.15, -0.1) is 0 Å². The van der Waals surface area contributed by atoms with Crippen molar-refractivity contribution in [2.75, 3.05) is 0 Å². The minimum Gasteiger partial charge on any atom is -0.489 e. The van der Waals surface area contributed by atoms with Crippen LogP contribution < -0.4 is 4.74 Å². The van der Waals surface area contributed by atoms with Gasteiger partial charge in [-0.3, -0.25) is 4.79 Å². The fourth-order valence-corrected chi connectivity index (χ4v) is 2.83. The van der Waals surface area contributed by atoms with E-state index in [1.54, 1.807) is 0 Å². The lowest BCUT2D eigenvalue weighted by atomic mass is 9.91. The molecule has 1 saturated carbocycles. The standard InChI is InChI=1S/C19H20O3/c1-14-7-8-16(19(9-10-19)12-18(20)21)11-17(14)22-13-15-5-3-2-4-6-15/h2-8,11H,9-10,12-13H2,1H3,(H,20,21). The van der Waals surface area contributed by atoms with Crippen LogP contribution >= 0.6 is 0 Å². The topological polar surface area (TPSA) is 46.5 Å². The summed E-state index contributed by atoms with van der Waals surface area (Å²) in [5.41, 5.74) is 3.11. The smallest absolute Gasteiger partial charge is 0.304 e. The number of carboxylic acid groups (broad SMARTS) is 1. The van der Waals surface area contributed by atoms with E-state index in [2.05, 4.69) is 0 Å². The first-order chi connectivity index (χ1) is 10.6. The lowest BCUT2D eigenvalue weighted by Gasteiger charge is -2.16. The molecule has 3 heteroatoms. The molecule has 0 unspecified atom stereocenters. The molecule has 114 valence electrons. The first-order valence-corrected chi connectivity index (χ1v) is 7.59. The average molecular weight is 296 g/mol. The molecule has 0 aromatic heterocycles. The second kappa shape index (κ2) is 5.84. The van der Waals surface area contributed by atoms with Gasteiger partial charge in [-0.25, -0.2) is 0 Å². The van der Waals surface area contributed by atoms with Crippen molar-refractivity contribution >= 4 is 5.97 Å². The minimum atomic E-state index is -0.732. The van der Waals surface area contributed by atoms with Crippen LogP contribution in [0.5, 0.6) is 5.75 Å². The molecule has 0 bridgehead atoms. The maximum atomic E-state index is 11.1. The van der Waals surface area contributed by atoms with Crippen molar-refractivity contribution in [1.82, 2.24) is 0 Å². The molecule has 1 aliphatic rings. The van der Waals surface area contributed by atoms with Crippen LogP contribution in [0.3, 0.4) is 0 Å². The van der Waals surface area contributed by atoms with E-state index in [1.165, 1.54) is 0 Å². The van der Waals surface area contributed by atoms with Crippen LogP contribution in [0.25, 0.3) is 0 Å². The van der Waals surface area contributed by atoms with Crippen molar-refractivity contribution in [3.05, 3.63) is 65.2 Å². The zero-order valence-electron chi connectivity index (χ0n) is 12.7. The molecule has 1 fully saturated rings. The number of ether oxygens (including phenoxy) is 1. The predicted octanol–water partition coefficient (Wildman–Crippen LogP) is 4.08. The number of hydrogen-bond acceptors (Lipinski definition) is 2. The Morgan fingerprint density at radius 2 is 1.91 bits per heavy atom. The van der Waals surface area contributed by atoms with Gasteiger partial charge < -0.3 is 9.84 Å². The maximum absolute atomic E-state index is 11.1. The van der Waals surface area contributed by atoms with Crippen molar-refractivity contribution in [3.63, 3.8) is 0 Å². The Labute approximate surface area is 130 Å². The van der Waals surface area contributed by atoms with Crippen molar-refractivity contribution in [1.29, 1.82) is 0 Å². The quantitative estimate of drug-likeness (QED) is 0.873. The third kappa shape index (κ3) is 3.14. The van der Waals surface area contributed by atoms with Crippen molar-refractivity contribution in [2.24, 2.45) is 0 Å². The SMILES string of the molecule is Cc1ccc(C2(CC(=O)O)CC2)cc1OCc1ccccc1. The first-order valence-electron chi connectivity index (χ1n) is 7.59. The van der Waals surface area contributed by atoms with E-state index < -0.39 is 5.97 Å². The van der Waals surface area contributed by atoms with Crippen LogP contribution in [0, 0.1) is 6.92 Å². The van der Waals surface area contributed by atoms with E-state index in [9.17, 15) is 4.79 Å². The summed E-state index contributed by atoms with van der Waals surface area (Å²) in [4.78, 5) is 11.1. The van der Waals surface area contributed by atoms with E-state index in [4.69, 9.17) is 9.84 Å². The molecule has 2 aromatic carbocycles. The summed E-state index contributed by atoms with van der Waals surface area (Å²) < 4.78 is 5.94. The number of rotatable bonds is 6. The second-order valence-corrected chi connectivity index (χ2v) is 6.11. The average Bonchev–Trinajstić information content (AvgIpc) is 3.27. The molecule has 3 rings (SSSR count). The normalized spacial score (nSPS) is 15.3. The molecule has 22 heavy (non-hydrogen) atoms. The van der Waals surface area contributed by atoms with Gasteiger partial charge in [0.05, 0.1) is 6.42 Å². The first kappa shape index (κ1) is 14.6. The second-order valence-electron chi connectivity index (χ2n) is 6.11. The molecule has 2 aromatic rings. The summed E-state index contributed by atoms with van der Waals surface area (Å²) in [5, 5.41) is 9.10. The van der Waals surface area contributed by atoms with Crippen LogP contribution in [-0.4, -0.2) is 11.1 Å². The Balaban J connectivity index is 1.77. The molecule has 0 atom stereocenters. The number of benzene rings is 2. The number of carbonyl (C=O) groups is 1. The van der Waals surface area contributed by atoms with Gasteiger partial charge in [0.25, 0.3) is 0 Å². The molecule has 0 saturated heterocycles. The third-order valence-corrected chi connectivity index (χ3v) is 4.38. The molecule has 0 amide bonds. The van der Waals surface area contributed by atoms with Gasteiger partial charge in [0.15, 0.2) is 0 Å². The minimum absolute atomic E-state index is 0.176. The summed E-state index contributed by atoms with van der Waals surface area (Å²) in [5.74, 6) is 0.114. The summed E-state index contributed by atoms with van der Waals surface area (Å²) in [6.07, 6.45) is 2.09. The van der Waals surface area contributed by atoms with Crippen molar-refractivity contribution in [2.45, 2.75) is 38.2 Å². The Kier molecular flexibility index (Phi) is 3.88. The Morgan fingerprint density at radius 3 is 2.55 bits per heavy atom. The Hall–Kier alpha value is -2.29. The number of hydrogen-bond donors (Lipinski definition) is 1. The van der Waals surface area contributed by atoms with Gasteiger partial charge in [-0.05, 0) is 42.5 Å². The molecule has 1 aliphatic carbocycles. The van der Waals surface area contributed by atoms with Gasteiger partial charge in [0.1, 0.15) is 12.4 Å². The van der Waals surface area contributed by atoms with Gasteiger partial charge >= 0.3 is 5.97 Å². The molecule has 0 spiro atoms. The van der Waals surface area contributed by atoms with Crippen LogP contribution in [-0.2, 0) is 16.8 Å². The van der Waals surface area contributed by atoms with Crippen molar-refractivity contribution < 1.29 is 14.6 Å². The fraction of sp³-hybridized carbons (Fsp3) is 0.316. The van der Waals surface area contributed by atoms with Gasteiger partial charge in [0, 0.05) is 5.41 Å². The zero-order chi connectivity index (χ0) is 15.6. The number of carboxylic acids is 1. The van der Waals surface area contributed by atoms with Crippen LogP contribution in [0.15, 0.2) is 48.5 Å². The highest BCUT2D eigenvalue weighted by molar-refractivity contribution is 5.70. The van der Waals surface area contributed by atoms with Crippen molar-refractivity contribution in [3.8, 4) is 5.75 Å². The van der Waals surface area contributed by atoms with Crippen LogP contribution in [0.2, 0.25) is 0 Å². The molecule has 1 N–H and O–H groups in total. The number of aliphatic carboxylic acids is 1. The van der Waals surface area contributed by atoms with Gasteiger partial charge in [0.2, 0.25) is 0 Å². The predicted molar refractivity (Wildman–Crippen MR) is 85.1 cm³/mol. The Morgan fingerprint density at radius 1 is 1.18 bits per heavy atom. The van der Waals surface area contributed by atoms with E-state index in [0.717, 1.165) is 35.3 Å². The van der Waals surface area contributed by atoms with Gasteiger partial charge in [-0.2, -0.15) is 0 Å². The zero-order valence-corrected chi connectivity index (χ0v) is 12.7. The molecule has 0 aliphatic heterocycles. The largest absolute Gasteiger partial charge is 0.489 e. The van der Waals surface area contributed by atoms with E-state index in [1.807, 2.05) is 55.5 Å². The van der Waals surface area contributed by atoms with E-state index in [-0.39, 0.29) is 11.8 Å². The highest BCUT2D eigenvalue weighted by atomic mass is 16.5. The lowest BCUT2D eigenvalue weighted by Crippen LogP contribution is -2.13. The maximum Gasteiger partial charge on any atom is 0.304 e. The summed E-state index contributed by atoms with van der Waals surface area (Å²) >= 11 is 0. The summed E-state index contributed by atoms with van der Waals surface area (Å²) in [6, 6.07) is 16.1. The Bertz CT molecular complexity index is 672. The van der Waals surface area contributed by atoms with E-state index >= 15 is 0 Å². The highest BCUT2D eigenvalue weighted by Crippen LogP contribution is 2.51. The molecule has 0 heterocycles. The fourth-order valence-electron chi connectivity index (χ4n) is 2.83.